The molecule has 0 atom stereocenters. The summed E-state index contributed by atoms with van der Waals surface area (Å²) in [5.74, 6) is 2.89. The van der Waals surface area contributed by atoms with Crippen LogP contribution < -0.4 is 4.90 Å². The number of rotatable bonds is 5. The first-order chi connectivity index (χ1) is 29.4. The zero-order valence-corrected chi connectivity index (χ0v) is 34.1. The Morgan fingerprint density at radius 3 is 1.73 bits per heavy atom. The average Bonchev–Trinajstić information content (AvgIpc) is 3.71. The van der Waals surface area contributed by atoms with E-state index in [1.165, 1.54) is 87.7 Å². The Balaban J connectivity index is 1.09. The first-order valence-electron chi connectivity index (χ1n) is 21.8. The summed E-state index contributed by atoms with van der Waals surface area (Å²) in [5, 5.41) is 19.7. The van der Waals surface area contributed by atoms with Crippen molar-refractivity contribution in [2.24, 2.45) is 23.7 Å². The van der Waals surface area contributed by atoms with Gasteiger partial charge in [-0.15, -0.1) is 0 Å². The van der Waals surface area contributed by atoms with E-state index in [1.54, 1.807) is 0 Å². The zero-order chi connectivity index (χ0) is 40.3. The van der Waals surface area contributed by atoms with Crippen molar-refractivity contribution in [3.63, 3.8) is 0 Å². The van der Waals surface area contributed by atoms with E-state index in [2.05, 4.69) is 158 Å². The standard InChI is InChI=1S/C57H45N3/c1-56(2)48-12-5-3-10-46(48)55-49(56)13-8-16-53(55)60(43-24-22-40(23-25-43)39-20-17-35(33-58)18-21-39)52-15-6-4-9-44(52)45-11-7-14-50-54(45)47-26-19-36(34-59)32-51(47)57(50)41-28-37-27-38(30-41)31-42(57)29-37/h3-26,32,37-38,41-42H,27-31H2,1-2H3. The lowest BCUT2D eigenvalue weighted by atomic mass is 9.43. The Bertz CT molecular complexity index is 2960. The second kappa shape index (κ2) is 12.9. The number of nitrogens with zero attached hydrogens (tertiary/aromatic N) is 3. The molecule has 0 unspecified atom stereocenters. The molecule has 0 heterocycles. The maximum Gasteiger partial charge on any atom is 0.0991 e. The average molecular weight is 772 g/mol. The summed E-state index contributed by atoms with van der Waals surface area (Å²) >= 11 is 0. The fourth-order valence-corrected chi connectivity index (χ4v) is 13.3. The van der Waals surface area contributed by atoms with Gasteiger partial charge in [0.05, 0.1) is 34.6 Å². The van der Waals surface area contributed by atoms with Gasteiger partial charge in [0.25, 0.3) is 0 Å². The highest BCUT2D eigenvalue weighted by atomic mass is 15.1. The van der Waals surface area contributed by atoms with Crippen molar-refractivity contribution in [1.29, 1.82) is 10.5 Å². The number of nitriles is 2. The van der Waals surface area contributed by atoms with E-state index in [0.717, 1.165) is 45.6 Å². The van der Waals surface area contributed by atoms with Crippen molar-refractivity contribution in [2.75, 3.05) is 4.90 Å². The molecule has 7 aromatic carbocycles. The van der Waals surface area contributed by atoms with Crippen molar-refractivity contribution < 1.29 is 0 Å². The van der Waals surface area contributed by atoms with Gasteiger partial charge in [0.1, 0.15) is 0 Å². The molecule has 3 nitrogen and oxygen atoms in total. The second-order valence-electron chi connectivity index (χ2n) is 18.7. The van der Waals surface area contributed by atoms with E-state index in [9.17, 15) is 10.5 Å². The lowest BCUT2D eigenvalue weighted by Gasteiger charge is -2.61. The number of fused-ring (bicyclic) bond motifs is 6. The third-order valence-electron chi connectivity index (χ3n) is 15.5. The SMILES string of the molecule is CC1(C)c2ccccc2-c2c(N(c3ccc(-c4ccc(C#N)cc4)cc3)c3ccccc3-c3cccc4c3-c3ccc(C#N)cc3C43C4CC5CC(C4)CC3C5)cccc21. The van der Waals surface area contributed by atoms with Crippen LogP contribution in [0, 0.1) is 46.3 Å². The van der Waals surface area contributed by atoms with Gasteiger partial charge < -0.3 is 4.90 Å². The minimum Gasteiger partial charge on any atom is -0.309 e. The van der Waals surface area contributed by atoms with Gasteiger partial charge in [-0.2, -0.15) is 10.5 Å². The minimum absolute atomic E-state index is 0.0492. The maximum atomic E-state index is 10.3. The number of para-hydroxylation sites is 1. The smallest absolute Gasteiger partial charge is 0.0991 e. The molecule has 0 N–H and O–H groups in total. The topological polar surface area (TPSA) is 50.8 Å². The van der Waals surface area contributed by atoms with E-state index in [0.29, 0.717) is 17.4 Å². The molecule has 0 aromatic heterocycles. The quantitative estimate of drug-likeness (QED) is 0.175. The Morgan fingerprint density at radius 2 is 1.02 bits per heavy atom. The van der Waals surface area contributed by atoms with Gasteiger partial charge in [-0.3, -0.25) is 0 Å². The molecule has 13 rings (SSSR count). The minimum atomic E-state index is -0.147. The van der Waals surface area contributed by atoms with Crippen LogP contribution in [0.15, 0.2) is 152 Å². The van der Waals surface area contributed by atoms with Crippen molar-refractivity contribution >= 4 is 17.1 Å². The van der Waals surface area contributed by atoms with Gasteiger partial charge in [0.15, 0.2) is 0 Å². The van der Waals surface area contributed by atoms with Crippen LogP contribution >= 0.6 is 0 Å². The van der Waals surface area contributed by atoms with Crippen LogP contribution in [0.5, 0.6) is 0 Å². The summed E-state index contributed by atoms with van der Waals surface area (Å²) in [6.45, 7) is 4.71. The third-order valence-corrected chi connectivity index (χ3v) is 15.5. The van der Waals surface area contributed by atoms with E-state index >= 15 is 0 Å². The van der Waals surface area contributed by atoms with Gasteiger partial charge in [0, 0.05) is 27.6 Å². The van der Waals surface area contributed by atoms with E-state index in [1.807, 2.05) is 24.3 Å². The van der Waals surface area contributed by atoms with Crippen LogP contribution in [0.25, 0.3) is 44.5 Å². The van der Waals surface area contributed by atoms with E-state index in [-0.39, 0.29) is 10.8 Å². The van der Waals surface area contributed by atoms with Crippen LogP contribution in [0.1, 0.15) is 79.3 Å². The summed E-state index contributed by atoms with van der Waals surface area (Å²) in [4.78, 5) is 2.50. The Kier molecular flexibility index (Phi) is 7.59. The van der Waals surface area contributed by atoms with Crippen LogP contribution in [-0.4, -0.2) is 0 Å². The van der Waals surface area contributed by atoms with Crippen molar-refractivity contribution in [3.8, 4) is 56.6 Å². The van der Waals surface area contributed by atoms with Gasteiger partial charge in [-0.05, 0) is 160 Å². The number of hydrogen-bond acceptors (Lipinski definition) is 3. The highest BCUT2D eigenvalue weighted by Gasteiger charge is 2.62. The summed E-state index contributed by atoms with van der Waals surface area (Å²) < 4.78 is 0. The Morgan fingerprint density at radius 1 is 0.467 bits per heavy atom. The van der Waals surface area contributed by atoms with Gasteiger partial charge in [0.2, 0.25) is 0 Å². The summed E-state index contributed by atoms with van der Waals surface area (Å²) in [5.41, 5.74) is 20.1. The number of anilines is 3. The highest BCUT2D eigenvalue weighted by Crippen LogP contribution is 2.70. The van der Waals surface area contributed by atoms with Crippen molar-refractivity contribution in [2.45, 2.75) is 56.8 Å². The molecule has 3 heteroatoms. The van der Waals surface area contributed by atoms with Crippen LogP contribution in [0.4, 0.5) is 17.1 Å². The Labute approximate surface area is 353 Å². The summed E-state index contributed by atoms with van der Waals surface area (Å²) in [6, 6.07) is 60.2. The second-order valence-corrected chi connectivity index (χ2v) is 18.7. The number of benzene rings is 7. The lowest BCUT2D eigenvalue weighted by Crippen LogP contribution is -2.55. The molecule has 0 radical (unpaired) electrons. The lowest BCUT2D eigenvalue weighted by molar-refractivity contribution is -0.0399. The monoisotopic (exact) mass is 771 g/mol. The zero-order valence-electron chi connectivity index (χ0n) is 34.1. The summed E-state index contributed by atoms with van der Waals surface area (Å²) in [6.07, 6.45) is 6.60. The van der Waals surface area contributed by atoms with Crippen molar-refractivity contribution in [3.05, 3.63) is 185 Å². The molecule has 4 saturated carbocycles. The van der Waals surface area contributed by atoms with Crippen LogP contribution in [0.2, 0.25) is 0 Å². The molecule has 6 aliphatic carbocycles. The van der Waals surface area contributed by atoms with Gasteiger partial charge in [-0.1, -0.05) is 117 Å². The molecule has 1 spiro atoms. The maximum absolute atomic E-state index is 10.3. The van der Waals surface area contributed by atoms with Gasteiger partial charge >= 0.3 is 0 Å². The molecule has 4 fully saturated rings. The predicted octanol–water partition coefficient (Wildman–Crippen LogP) is 14.3. The molecule has 6 aliphatic rings. The molecule has 4 bridgehead atoms. The molecule has 7 aromatic rings. The Hall–Kier alpha value is -6.68. The van der Waals surface area contributed by atoms with E-state index in [4.69, 9.17) is 0 Å². The molecule has 0 aliphatic heterocycles. The van der Waals surface area contributed by atoms with E-state index < -0.39 is 0 Å². The molecule has 288 valence electrons. The van der Waals surface area contributed by atoms with Crippen LogP contribution in [0.3, 0.4) is 0 Å². The fraction of sp³-hybridized carbons (Fsp3) is 0.228. The first kappa shape index (κ1) is 35.3. The first-order valence-corrected chi connectivity index (χ1v) is 21.8. The normalized spacial score (nSPS) is 23.0. The van der Waals surface area contributed by atoms with Crippen LogP contribution in [-0.2, 0) is 10.8 Å². The van der Waals surface area contributed by atoms with Gasteiger partial charge in [-0.25, -0.2) is 0 Å². The highest BCUT2D eigenvalue weighted by molar-refractivity contribution is 6.01. The third kappa shape index (κ3) is 4.81. The molecule has 0 amide bonds. The largest absolute Gasteiger partial charge is 0.309 e. The molecule has 0 saturated heterocycles. The molecular formula is C57H45N3. The fourth-order valence-electron chi connectivity index (χ4n) is 13.3. The molecular weight excluding hydrogens is 727 g/mol. The number of hydrogen-bond donors (Lipinski definition) is 0. The van der Waals surface area contributed by atoms with Crippen molar-refractivity contribution in [1.82, 2.24) is 0 Å². The summed E-state index contributed by atoms with van der Waals surface area (Å²) in [7, 11) is 0. The molecule has 60 heavy (non-hydrogen) atoms. The predicted molar refractivity (Wildman–Crippen MR) is 242 cm³/mol.